The Hall–Kier alpha value is -2.60. The topological polar surface area (TPSA) is 46.5 Å². The molecule has 0 amide bonds. The second kappa shape index (κ2) is 6.13. The SMILES string of the molecule is Cc1ccc2ccccc2c1/C=N/S(=O)(=O)c1ccc(F)c(F)c1. The summed E-state index contributed by atoms with van der Waals surface area (Å²) < 4.78 is 54.3. The van der Waals surface area contributed by atoms with Gasteiger partial charge in [-0.25, -0.2) is 8.78 Å². The lowest BCUT2D eigenvalue weighted by atomic mass is 10.0. The van der Waals surface area contributed by atoms with Gasteiger partial charge >= 0.3 is 0 Å². The van der Waals surface area contributed by atoms with Gasteiger partial charge in [-0.3, -0.25) is 0 Å². The second-order valence-corrected chi connectivity index (χ2v) is 6.94. The molecule has 0 N–H and O–H groups in total. The highest BCUT2D eigenvalue weighted by atomic mass is 32.2. The molecule has 0 heterocycles. The molecule has 0 aliphatic rings. The zero-order valence-electron chi connectivity index (χ0n) is 12.7. The first-order valence-electron chi connectivity index (χ1n) is 7.12. The Morgan fingerprint density at radius 3 is 2.46 bits per heavy atom. The van der Waals surface area contributed by atoms with Crippen LogP contribution in [-0.4, -0.2) is 14.6 Å². The molecule has 0 unspecified atom stereocenters. The van der Waals surface area contributed by atoms with Gasteiger partial charge in [-0.05, 0) is 41.5 Å². The van der Waals surface area contributed by atoms with Gasteiger partial charge in [0.2, 0.25) is 0 Å². The summed E-state index contributed by atoms with van der Waals surface area (Å²) in [5, 5.41) is 1.82. The lowest BCUT2D eigenvalue weighted by Crippen LogP contribution is -2.00. The predicted octanol–water partition coefficient (Wildman–Crippen LogP) is 4.23. The highest BCUT2D eigenvalue weighted by Gasteiger charge is 2.15. The summed E-state index contributed by atoms with van der Waals surface area (Å²) in [6.07, 6.45) is 1.24. The van der Waals surface area contributed by atoms with E-state index >= 15 is 0 Å². The average molecular weight is 345 g/mol. The Morgan fingerprint density at radius 2 is 1.71 bits per heavy atom. The highest BCUT2D eigenvalue weighted by molar-refractivity contribution is 7.90. The average Bonchev–Trinajstić information content (AvgIpc) is 2.56. The number of rotatable bonds is 3. The van der Waals surface area contributed by atoms with E-state index in [4.69, 9.17) is 0 Å². The van der Waals surface area contributed by atoms with Crippen LogP contribution in [0.2, 0.25) is 0 Å². The van der Waals surface area contributed by atoms with Gasteiger partial charge in [0.25, 0.3) is 10.0 Å². The molecule has 0 saturated heterocycles. The van der Waals surface area contributed by atoms with E-state index in [0.717, 1.165) is 28.5 Å². The fourth-order valence-electron chi connectivity index (χ4n) is 2.40. The van der Waals surface area contributed by atoms with Crippen molar-refractivity contribution in [1.82, 2.24) is 0 Å². The van der Waals surface area contributed by atoms with E-state index in [-0.39, 0.29) is 0 Å². The summed E-state index contributed by atoms with van der Waals surface area (Å²) in [7, 11) is -4.12. The van der Waals surface area contributed by atoms with Gasteiger partial charge in [-0.2, -0.15) is 12.8 Å². The van der Waals surface area contributed by atoms with Gasteiger partial charge in [0.15, 0.2) is 11.6 Å². The van der Waals surface area contributed by atoms with Crippen molar-refractivity contribution in [3.63, 3.8) is 0 Å². The Balaban J connectivity index is 2.07. The van der Waals surface area contributed by atoms with E-state index in [2.05, 4.69) is 4.40 Å². The van der Waals surface area contributed by atoms with Crippen LogP contribution < -0.4 is 0 Å². The number of benzene rings is 3. The Labute approximate surface area is 138 Å². The van der Waals surface area contributed by atoms with Crippen molar-refractivity contribution in [3.05, 3.63) is 77.4 Å². The molecule has 122 valence electrons. The number of hydrogen-bond donors (Lipinski definition) is 0. The third-order valence-electron chi connectivity index (χ3n) is 3.70. The molecule has 0 spiro atoms. The number of halogens is 2. The van der Waals surface area contributed by atoms with Gasteiger partial charge in [0.05, 0.1) is 4.90 Å². The molecule has 0 aliphatic heterocycles. The molecule has 0 aromatic heterocycles. The monoisotopic (exact) mass is 345 g/mol. The number of hydrogen-bond acceptors (Lipinski definition) is 2. The van der Waals surface area contributed by atoms with Gasteiger partial charge in [0, 0.05) is 11.8 Å². The van der Waals surface area contributed by atoms with E-state index in [1.165, 1.54) is 6.21 Å². The smallest absolute Gasteiger partial charge is 0.204 e. The van der Waals surface area contributed by atoms with Crippen molar-refractivity contribution >= 4 is 27.0 Å². The summed E-state index contributed by atoms with van der Waals surface area (Å²) in [6, 6.07) is 13.7. The van der Waals surface area contributed by atoms with Crippen LogP contribution in [0, 0.1) is 18.6 Å². The molecule has 24 heavy (non-hydrogen) atoms. The van der Waals surface area contributed by atoms with Gasteiger partial charge in [-0.15, -0.1) is 0 Å². The Morgan fingerprint density at radius 1 is 0.958 bits per heavy atom. The first kappa shape index (κ1) is 16.3. The normalized spacial score (nSPS) is 12.1. The Bertz CT molecular complexity index is 1060. The van der Waals surface area contributed by atoms with E-state index in [1.54, 1.807) is 0 Å². The zero-order chi connectivity index (χ0) is 17.3. The van der Waals surface area contributed by atoms with E-state index in [1.807, 2.05) is 43.3 Å². The summed E-state index contributed by atoms with van der Waals surface area (Å²) >= 11 is 0. The maximum atomic E-state index is 13.3. The van der Waals surface area contributed by atoms with Crippen molar-refractivity contribution in [2.24, 2.45) is 4.40 Å². The summed E-state index contributed by atoms with van der Waals surface area (Å²) in [5.41, 5.74) is 1.53. The number of aryl methyl sites for hydroxylation is 1. The van der Waals surface area contributed by atoms with E-state index in [9.17, 15) is 17.2 Å². The van der Waals surface area contributed by atoms with Crippen LogP contribution in [0.1, 0.15) is 11.1 Å². The zero-order valence-corrected chi connectivity index (χ0v) is 13.5. The van der Waals surface area contributed by atoms with Gasteiger partial charge < -0.3 is 0 Å². The largest absolute Gasteiger partial charge is 0.282 e. The lowest BCUT2D eigenvalue weighted by Gasteiger charge is -2.06. The van der Waals surface area contributed by atoms with Crippen LogP contribution in [0.5, 0.6) is 0 Å². The first-order valence-corrected chi connectivity index (χ1v) is 8.56. The van der Waals surface area contributed by atoms with E-state index in [0.29, 0.717) is 11.6 Å². The number of nitrogens with zero attached hydrogens (tertiary/aromatic N) is 1. The molecule has 0 atom stereocenters. The molecule has 3 aromatic rings. The fourth-order valence-corrected chi connectivity index (χ4v) is 3.25. The number of sulfonamides is 1. The maximum Gasteiger partial charge on any atom is 0.282 e. The highest BCUT2D eigenvalue weighted by Crippen LogP contribution is 2.22. The summed E-state index contributed by atoms with van der Waals surface area (Å²) in [6.45, 7) is 1.85. The van der Waals surface area contributed by atoms with Crippen molar-refractivity contribution in [2.75, 3.05) is 0 Å². The molecule has 0 aliphatic carbocycles. The fraction of sp³-hybridized carbons (Fsp3) is 0.0556. The van der Waals surface area contributed by atoms with Crippen LogP contribution in [-0.2, 0) is 10.0 Å². The number of fused-ring (bicyclic) bond motifs is 1. The third-order valence-corrected chi connectivity index (χ3v) is 4.93. The summed E-state index contributed by atoms with van der Waals surface area (Å²) in [4.78, 5) is -0.393. The maximum absolute atomic E-state index is 13.3. The minimum atomic E-state index is -4.12. The van der Waals surface area contributed by atoms with Crippen molar-refractivity contribution in [1.29, 1.82) is 0 Å². The van der Waals surface area contributed by atoms with Crippen molar-refractivity contribution in [2.45, 2.75) is 11.8 Å². The molecule has 0 saturated carbocycles. The molecular formula is C18H13F2NO2S. The molecule has 3 aromatic carbocycles. The first-order chi connectivity index (χ1) is 11.4. The molecule has 0 bridgehead atoms. The second-order valence-electron chi connectivity index (χ2n) is 5.30. The lowest BCUT2D eigenvalue weighted by molar-refractivity contribution is 0.504. The molecular weight excluding hydrogens is 332 g/mol. The summed E-state index contributed by atoms with van der Waals surface area (Å²) in [5.74, 6) is -2.34. The standard InChI is InChI=1S/C18H13F2NO2S/c1-12-6-7-13-4-2-3-5-15(13)16(12)11-21-24(22,23)14-8-9-17(19)18(20)10-14/h2-11H,1H3/b21-11+. The predicted molar refractivity (Wildman–Crippen MR) is 89.8 cm³/mol. The molecule has 3 rings (SSSR count). The third kappa shape index (κ3) is 3.05. The quantitative estimate of drug-likeness (QED) is 0.667. The van der Waals surface area contributed by atoms with Gasteiger partial charge in [-0.1, -0.05) is 36.4 Å². The van der Waals surface area contributed by atoms with Crippen molar-refractivity contribution in [3.8, 4) is 0 Å². The van der Waals surface area contributed by atoms with Crippen LogP contribution in [0.15, 0.2) is 63.9 Å². The minimum Gasteiger partial charge on any atom is -0.204 e. The molecule has 6 heteroatoms. The minimum absolute atomic E-state index is 0.393. The molecule has 3 nitrogen and oxygen atoms in total. The van der Waals surface area contributed by atoms with Crippen LogP contribution >= 0.6 is 0 Å². The van der Waals surface area contributed by atoms with E-state index < -0.39 is 26.6 Å². The molecule has 0 fully saturated rings. The van der Waals surface area contributed by atoms with Crippen LogP contribution in [0.3, 0.4) is 0 Å². The van der Waals surface area contributed by atoms with Crippen LogP contribution in [0.25, 0.3) is 10.8 Å². The van der Waals surface area contributed by atoms with Crippen molar-refractivity contribution < 1.29 is 17.2 Å². The van der Waals surface area contributed by atoms with Crippen LogP contribution in [0.4, 0.5) is 8.78 Å². The van der Waals surface area contributed by atoms with Gasteiger partial charge in [0.1, 0.15) is 0 Å². The molecule has 0 radical (unpaired) electrons. The Kier molecular flexibility index (Phi) is 4.15.